The topological polar surface area (TPSA) is 140 Å². The summed E-state index contributed by atoms with van der Waals surface area (Å²) >= 11 is 0. The number of benzene rings is 3. The fourth-order valence-corrected chi connectivity index (χ4v) is 2.70. The molecule has 0 atom stereocenters. The van der Waals surface area contributed by atoms with Gasteiger partial charge >= 0.3 is 17.8 Å². The van der Waals surface area contributed by atoms with Gasteiger partial charge in [0.15, 0.2) is 0 Å². The SMILES string of the molecule is C/C(=N\NC(=O)C(=O)Nc1ccc(F)cc1)c1ccccc1OC(=O)c1ccc([N+](=O)[O-])cc1. The van der Waals surface area contributed by atoms with E-state index in [4.69, 9.17) is 4.74 Å². The quantitative estimate of drug-likeness (QED) is 0.143. The molecule has 172 valence electrons. The van der Waals surface area contributed by atoms with Crippen molar-refractivity contribution < 1.29 is 28.4 Å². The number of halogens is 1. The van der Waals surface area contributed by atoms with Gasteiger partial charge in [-0.05, 0) is 55.5 Å². The van der Waals surface area contributed by atoms with Crippen molar-refractivity contribution in [1.29, 1.82) is 0 Å². The summed E-state index contributed by atoms with van der Waals surface area (Å²) in [6, 6.07) is 16.1. The first-order valence-corrected chi connectivity index (χ1v) is 9.72. The maximum Gasteiger partial charge on any atom is 0.343 e. The van der Waals surface area contributed by atoms with E-state index in [1.807, 2.05) is 0 Å². The van der Waals surface area contributed by atoms with E-state index in [0.29, 0.717) is 5.56 Å². The zero-order valence-corrected chi connectivity index (χ0v) is 17.7. The third kappa shape index (κ3) is 6.07. The van der Waals surface area contributed by atoms with E-state index < -0.39 is 28.5 Å². The van der Waals surface area contributed by atoms with Crippen molar-refractivity contribution in [2.75, 3.05) is 5.32 Å². The molecule has 3 rings (SSSR count). The van der Waals surface area contributed by atoms with Crippen LogP contribution in [0, 0.1) is 15.9 Å². The number of carbonyl (C=O) groups excluding carboxylic acids is 3. The van der Waals surface area contributed by atoms with Crippen LogP contribution in [0.2, 0.25) is 0 Å². The fourth-order valence-electron chi connectivity index (χ4n) is 2.70. The second kappa shape index (κ2) is 10.6. The average Bonchev–Trinajstić information content (AvgIpc) is 2.84. The molecule has 0 bridgehead atoms. The summed E-state index contributed by atoms with van der Waals surface area (Å²) in [6.45, 7) is 1.52. The number of esters is 1. The van der Waals surface area contributed by atoms with E-state index in [0.717, 1.165) is 12.1 Å². The minimum atomic E-state index is -1.07. The highest BCUT2D eigenvalue weighted by Gasteiger charge is 2.16. The molecular weight excluding hydrogens is 447 g/mol. The highest BCUT2D eigenvalue weighted by atomic mass is 19.1. The van der Waals surface area contributed by atoms with E-state index in [-0.39, 0.29) is 28.4 Å². The van der Waals surface area contributed by atoms with Gasteiger partial charge in [-0.25, -0.2) is 14.6 Å². The molecule has 11 heteroatoms. The second-order valence-corrected chi connectivity index (χ2v) is 6.79. The Kier molecular flexibility index (Phi) is 7.39. The Morgan fingerprint density at radius 3 is 2.24 bits per heavy atom. The third-order valence-corrected chi connectivity index (χ3v) is 4.43. The Hall–Kier alpha value is -4.93. The number of ether oxygens (including phenoxy) is 1. The number of amides is 2. The second-order valence-electron chi connectivity index (χ2n) is 6.79. The molecule has 0 fully saturated rings. The summed E-state index contributed by atoms with van der Waals surface area (Å²) in [7, 11) is 0. The van der Waals surface area contributed by atoms with Gasteiger partial charge in [-0.15, -0.1) is 0 Å². The molecule has 0 aromatic heterocycles. The predicted octanol–water partition coefficient (Wildman–Crippen LogP) is 3.43. The molecule has 0 aliphatic carbocycles. The number of para-hydroxylation sites is 1. The average molecular weight is 464 g/mol. The Bertz CT molecular complexity index is 1270. The summed E-state index contributed by atoms with van der Waals surface area (Å²) in [5.41, 5.74) is 2.85. The highest BCUT2D eigenvalue weighted by molar-refractivity contribution is 6.39. The van der Waals surface area contributed by atoms with Gasteiger partial charge in [-0.1, -0.05) is 12.1 Å². The third-order valence-electron chi connectivity index (χ3n) is 4.43. The van der Waals surface area contributed by atoms with Gasteiger partial charge in [0.1, 0.15) is 11.6 Å². The van der Waals surface area contributed by atoms with Crippen LogP contribution in [0.25, 0.3) is 0 Å². The zero-order valence-electron chi connectivity index (χ0n) is 17.7. The first kappa shape index (κ1) is 23.7. The first-order chi connectivity index (χ1) is 16.2. The molecule has 2 amide bonds. The van der Waals surface area contributed by atoms with Crippen LogP contribution in [0.1, 0.15) is 22.8 Å². The van der Waals surface area contributed by atoms with Crippen LogP contribution in [-0.2, 0) is 9.59 Å². The number of hydrogen-bond donors (Lipinski definition) is 2. The van der Waals surface area contributed by atoms with Crippen LogP contribution in [-0.4, -0.2) is 28.4 Å². The van der Waals surface area contributed by atoms with Crippen LogP contribution in [0.15, 0.2) is 77.9 Å². The number of nitro benzene ring substituents is 1. The summed E-state index contributed by atoms with van der Waals surface area (Å²) in [5, 5.41) is 16.9. The minimum Gasteiger partial charge on any atom is -0.422 e. The smallest absolute Gasteiger partial charge is 0.343 e. The fraction of sp³-hybridized carbons (Fsp3) is 0.0435. The number of rotatable bonds is 6. The minimum absolute atomic E-state index is 0.0979. The summed E-state index contributed by atoms with van der Waals surface area (Å²) < 4.78 is 18.3. The van der Waals surface area contributed by atoms with Crippen molar-refractivity contribution in [1.82, 2.24) is 5.43 Å². The van der Waals surface area contributed by atoms with Gasteiger partial charge in [0, 0.05) is 23.4 Å². The van der Waals surface area contributed by atoms with E-state index in [9.17, 15) is 28.9 Å². The van der Waals surface area contributed by atoms with Gasteiger partial charge in [0.2, 0.25) is 0 Å². The van der Waals surface area contributed by atoms with E-state index >= 15 is 0 Å². The molecule has 34 heavy (non-hydrogen) atoms. The lowest BCUT2D eigenvalue weighted by atomic mass is 10.1. The number of non-ortho nitro benzene ring substituents is 1. The maximum absolute atomic E-state index is 12.9. The molecule has 0 aliphatic heterocycles. The lowest BCUT2D eigenvalue weighted by Crippen LogP contribution is -2.33. The van der Waals surface area contributed by atoms with Gasteiger partial charge in [0.25, 0.3) is 5.69 Å². The van der Waals surface area contributed by atoms with Crippen molar-refractivity contribution in [3.8, 4) is 5.75 Å². The first-order valence-electron chi connectivity index (χ1n) is 9.72. The van der Waals surface area contributed by atoms with Crippen LogP contribution in [0.4, 0.5) is 15.8 Å². The molecule has 0 heterocycles. The Balaban J connectivity index is 1.68. The van der Waals surface area contributed by atoms with Crippen LogP contribution >= 0.6 is 0 Å². The van der Waals surface area contributed by atoms with Crippen molar-refractivity contribution in [3.05, 3.63) is 99.9 Å². The monoisotopic (exact) mass is 464 g/mol. The number of anilines is 1. The molecule has 3 aromatic carbocycles. The molecule has 0 saturated carbocycles. The van der Waals surface area contributed by atoms with E-state index in [1.165, 1.54) is 49.4 Å². The normalized spacial score (nSPS) is 10.8. The summed E-state index contributed by atoms with van der Waals surface area (Å²) in [4.78, 5) is 46.6. The molecule has 0 saturated heterocycles. The van der Waals surface area contributed by atoms with Crippen molar-refractivity contribution >= 4 is 34.9 Å². The summed E-state index contributed by atoms with van der Waals surface area (Å²) in [5.74, 6) is -3.20. The van der Waals surface area contributed by atoms with Crippen LogP contribution < -0.4 is 15.5 Å². The van der Waals surface area contributed by atoms with Crippen molar-refractivity contribution in [2.45, 2.75) is 6.92 Å². The molecule has 0 radical (unpaired) electrons. The lowest BCUT2D eigenvalue weighted by Gasteiger charge is -2.10. The Morgan fingerprint density at radius 1 is 0.941 bits per heavy atom. The molecule has 0 spiro atoms. The van der Waals surface area contributed by atoms with Crippen molar-refractivity contribution in [2.24, 2.45) is 5.10 Å². The van der Waals surface area contributed by atoms with Gasteiger partial charge in [-0.2, -0.15) is 5.10 Å². The number of carbonyl (C=O) groups is 3. The van der Waals surface area contributed by atoms with Crippen LogP contribution in [0.5, 0.6) is 5.75 Å². The number of hydrazone groups is 1. The number of nitrogens with one attached hydrogen (secondary N) is 2. The lowest BCUT2D eigenvalue weighted by molar-refractivity contribution is -0.384. The van der Waals surface area contributed by atoms with E-state index in [1.54, 1.807) is 18.2 Å². The number of hydrogen-bond acceptors (Lipinski definition) is 7. The van der Waals surface area contributed by atoms with E-state index in [2.05, 4.69) is 15.8 Å². The van der Waals surface area contributed by atoms with Gasteiger partial charge in [-0.3, -0.25) is 19.7 Å². The molecule has 10 nitrogen and oxygen atoms in total. The highest BCUT2D eigenvalue weighted by Crippen LogP contribution is 2.21. The van der Waals surface area contributed by atoms with Gasteiger partial charge in [0.05, 0.1) is 16.2 Å². The predicted molar refractivity (Wildman–Crippen MR) is 120 cm³/mol. The standard InChI is InChI=1S/C23H17FN4O6/c1-14(26-27-22(30)21(29)25-17-10-8-16(24)9-11-17)19-4-2-3-5-20(19)34-23(31)15-6-12-18(13-7-15)28(32)33/h2-13H,1H3,(H,25,29)(H,27,30)/b26-14+. The largest absolute Gasteiger partial charge is 0.422 e. The molecule has 3 aromatic rings. The Morgan fingerprint density at radius 2 is 1.59 bits per heavy atom. The number of nitro groups is 1. The molecular formula is C23H17FN4O6. The summed E-state index contributed by atoms with van der Waals surface area (Å²) in [6.07, 6.45) is 0. The number of nitrogens with zero attached hydrogens (tertiary/aromatic N) is 2. The van der Waals surface area contributed by atoms with Crippen molar-refractivity contribution in [3.63, 3.8) is 0 Å². The maximum atomic E-state index is 12.9. The zero-order chi connectivity index (χ0) is 24.7. The molecule has 2 N–H and O–H groups in total. The van der Waals surface area contributed by atoms with Gasteiger partial charge < -0.3 is 10.1 Å². The molecule has 0 aliphatic rings. The van der Waals surface area contributed by atoms with Crippen LogP contribution in [0.3, 0.4) is 0 Å². The Labute approximate surface area is 192 Å². The molecule has 0 unspecified atom stereocenters.